The number of halogens is 1. The Hall–Kier alpha value is -1.84. The van der Waals surface area contributed by atoms with Crippen LogP contribution in [0.2, 0.25) is 0 Å². The number of ether oxygens (including phenoxy) is 2. The number of hydrogen-bond acceptors (Lipinski definition) is 6. The van der Waals surface area contributed by atoms with Gasteiger partial charge in [-0.1, -0.05) is 0 Å². The van der Waals surface area contributed by atoms with E-state index in [1.807, 2.05) is 0 Å². The van der Waals surface area contributed by atoms with Crippen LogP contribution in [-0.2, 0) is 24.3 Å². The van der Waals surface area contributed by atoms with Crippen molar-refractivity contribution in [3.63, 3.8) is 0 Å². The van der Waals surface area contributed by atoms with E-state index < -0.39 is 39.4 Å². The highest BCUT2D eigenvalue weighted by atomic mass is 32.2. The molecule has 4 bridgehead atoms. The van der Waals surface area contributed by atoms with E-state index in [1.165, 1.54) is 23.6 Å². The molecule has 1 aliphatic heterocycles. The second-order valence-electron chi connectivity index (χ2n) is 9.86. The van der Waals surface area contributed by atoms with Gasteiger partial charge in [-0.15, -0.1) is 0 Å². The number of esters is 1. The first-order valence-corrected chi connectivity index (χ1v) is 12.8. The normalized spacial score (nSPS) is 32.1. The van der Waals surface area contributed by atoms with Crippen LogP contribution in [-0.4, -0.2) is 57.4 Å². The molecule has 5 fully saturated rings. The van der Waals surface area contributed by atoms with Gasteiger partial charge in [0.05, 0.1) is 23.7 Å². The number of benzene rings is 1. The lowest BCUT2D eigenvalue weighted by Gasteiger charge is -2.55. The summed E-state index contributed by atoms with van der Waals surface area (Å²) in [6.45, 7) is 0.548. The van der Waals surface area contributed by atoms with E-state index >= 15 is 0 Å². The molecule has 1 aromatic carbocycles. The number of rotatable bonds is 6. The second-order valence-corrected chi connectivity index (χ2v) is 11.8. The van der Waals surface area contributed by atoms with Crippen molar-refractivity contribution >= 4 is 21.8 Å². The van der Waals surface area contributed by atoms with Crippen LogP contribution in [0, 0.1) is 29.0 Å². The van der Waals surface area contributed by atoms with Crippen LogP contribution in [0.3, 0.4) is 0 Å². The van der Waals surface area contributed by atoms with Crippen molar-refractivity contribution in [3.05, 3.63) is 29.6 Å². The summed E-state index contributed by atoms with van der Waals surface area (Å²) in [4.78, 5) is 25.5. The molecule has 0 unspecified atom stereocenters. The quantitative estimate of drug-likeness (QED) is 0.600. The van der Waals surface area contributed by atoms with Crippen molar-refractivity contribution in [2.24, 2.45) is 23.2 Å². The minimum absolute atomic E-state index is 0.0811. The smallest absolute Gasteiger partial charge is 0.341 e. The van der Waals surface area contributed by atoms with Gasteiger partial charge in [-0.2, -0.15) is 4.31 Å². The Morgan fingerprint density at radius 1 is 1.06 bits per heavy atom. The van der Waals surface area contributed by atoms with Crippen molar-refractivity contribution in [1.82, 2.24) is 4.31 Å². The zero-order valence-corrected chi connectivity index (χ0v) is 18.7. The van der Waals surface area contributed by atoms with Gasteiger partial charge in [0.25, 0.3) is 0 Å². The Morgan fingerprint density at radius 3 is 2.25 bits per heavy atom. The number of carbonyl (C=O) groups is 2. The molecule has 0 N–H and O–H groups in total. The van der Waals surface area contributed by atoms with Gasteiger partial charge in [0.2, 0.25) is 10.0 Å². The highest BCUT2D eigenvalue weighted by Crippen LogP contribution is 2.60. The van der Waals surface area contributed by atoms with Crippen molar-refractivity contribution in [3.8, 4) is 0 Å². The first kappa shape index (κ1) is 22.0. The lowest BCUT2D eigenvalue weighted by molar-refractivity contribution is -0.147. The predicted octanol–water partition coefficient (Wildman–Crippen LogP) is 2.79. The average Bonchev–Trinajstić information content (AvgIpc) is 2.77. The molecule has 9 heteroatoms. The number of carbonyl (C=O) groups excluding carboxylic acids is 2. The molecule has 5 aliphatic rings. The maximum atomic E-state index is 14.4. The van der Waals surface area contributed by atoms with E-state index in [2.05, 4.69) is 0 Å². The lowest BCUT2D eigenvalue weighted by atomic mass is 9.48. The fourth-order valence-corrected chi connectivity index (χ4v) is 8.01. The van der Waals surface area contributed by atoms with Gasteiger partial charge in [-0.25, -0.2) is 17.6 Å². The molecule has 32 heavy (non-hydrogen) atoms. The summed E-state index contributed by atoms with van der Waals surface area (Å²) in [6, 6.07) is 3.08. The molecule has 0 atom stereocenters. The number of morpholine rings is 1. The largest absolute Gasteiger partial charge is 0.454 e. The number of hydrogen-bond donors (Lipinski definition) is 0. The third-order valence-electron chi connectivity index (χ3n) is 7.73. The van der Waals surface area contributed by atoms with Gasteiger partial charge < -0.3 is 9.47 Å². The molecular weight excluding hydrogens is 437 g/mol. The number of sulfonamides is 1. The van der Waals surface area contributed by atoms with Gasteiger partial charge in [-0.3, -0.25) is 4.79 Å². The van der Waals surface area contributed by atoms with Gasteiger partial charge in [-0.05, 0) is 74.5 Å². The average molecular weight is 466 g/mol. The number of ketones is 1. The molecule has 1 heterocycles. The van der Waals surface area contributed by atoms with Gasteiger partial charge >= 0.3 is 5.97 Å². The molecule has 0 aromatic heterocycles. The third-order valence-corrected chi connectivity index (χ3v) is 9.62. The molecule has 0 spiro atoms. The highest BCUT2D eigenvalue weighted by molar-refractivity contribution is 7.89. The molecule has 0 amide bonds. The van der Waals surface area contributed by atoms with Crippen molar-refractivity contribution in [2.45, 2.75) is 43.4 Å². The maximum absolute atomic E-state index is 14.4. The Labute approximate surface area is 187 Å². The zero-order chi connectivity index (χ0) is 22.5. The first-order chi connectivity index (χ1) is 15.3. The minimum atomic E-state index is -3.88. The molecular formula is C23H28FNO6S. The highest BCUT2D eigenvalue weighted by Gasteiger charge is 2.54. The van der Waals surface area contributed by atoms with Crippen LogP contribution in [0.5, 0.6) is 0 Å². The minimum Gasteiger partial charge on any atom is -0.454 e. The Morgan fingerprint density at radius 2 is 1.66 bits per heavy atom. The van der Waals surface area contributed by atoms with Gasteiger partial charge in [0.1, 0.15) is 5.82 Å². The molecule has 4 aliphatic carbocycles. The molecule has 7 nitrogen and oxygen atoms in total. The van der Waals surface area contributed by atoms with Crippen LogP contribution in [0.25, 0.3) is 0 Å². The van der Waals surface area contributed by atoms with E-state index in [4.69, 9.17) is 9.47 Å². The van der Waals surface area contributed by atoms with Gasteiger partial charge in [0.15, 0.2) is 12.4 Å². The molecule has 1 saturated heterocycles. The SMILES string of the molecule is O=C(OCC(=O)C12CC3CC(CC(C3)C1)C2)c1cc(S(=O)(=O)N2CCOCC2)ccc1F. The molecule has 0 radical (unpaired) electrons. The standard InChI is InChI=1S/C23H28FNO6S/c24-20-2-1-18(32(28,29)25-3-5-30-6-4-25)10-19(20)22(27)31-14-21(26)23-11-15-7-16(12-23)9-17(8-15)13-23/h1-2,10,15-17H,3-9,11-14H2. The van der Waals surface area contributed by atoms with E-state index in [0.717, 1.165) is 37.5 Å². The summed E-state index contributed by atoms with van der Waals surface area (Å²) in [7, 11) is -3.88. The molecule has 4 saturated carbocycles. The summed E-state index contributed by atoms with van der Waals surface area (Å²) in [6.07, 6.45) is 6.16. The molecule has 1 aromatic rings. The summed E-state index contributed by atoms with van der Waals surface area (Å²) < 4.78 is 51.7. The van der Waals surface area contributed by atoms with Crippen LogP contribution in [0.1, 0.15) is 48.9 Å². The molecule has 174 valence electrons. The van der Waals surface area contributed by atoms with Crippen LogP contribution in [0.15, 0.2) is 23.1 Å². The van der Waals surface area contributed by atoms with Crippen LogP contribution in [0.4, 0.5) is 4.39 Å². The van der Waals surface area contributed by atoms with Crippen molar-refractivity contribution in [1.29, 1.82) is 0 Å². The fraction of sp³-hybridized carbons (Fsp3) is 0.652. The topological polar surface area (TPSA) is 90.0 Å². The third kappa shape index (κ3) is 3.88. The van der Waals surface area contributed by atoms with E-state index in [1.54, 1.807) is 0 Å². The van der Waals surface area contributed by atoms with Crippen molar-refractivity contribution in [2.75, 3.05) is 32.9 Å². The summed E-state index contributed by atoms with van der Waals surface area (Å²) in [5.74, 6) is -0.221. The zero-order valence-electron chi connectivity index (χ0n) is 17.9. The number of Topliss-reactive ketones (excluding diaryl/α,β-unsaturated/α-hetero) is 1. The van der Waals surface area contributed by atoms with E-state index in [9.17, 15) is 22.4 Å². The Bertz CT molecular complexity index is 998. The Balaban J connectivity index is 1.28. The summed E-state index contributed by atoms with van der Waals surface area (Å²) >= 11 is 0. The summed E-state index contributed by atoms with van der Waals surface area (Å²) in [5, 5.41) is 0. The van der Waals surface area contributed by atoms with Gasteiger partial charge in [0, 0.05) is 18.5 Å². The Kier molecular flexibility index (Phi) is 5.62. The second kappa shape index (κ2) is 8.18. The lowest BCUT2D eigenvalue weighted by Crippen LogP contribution is -2.51. The summed E-state index contributed by atoms with van der Waals surface area (Å²) in [5.41, 5.74) is -0.882. The van der Waals surface area contributed by atoms with E-state index in [0.29, 0.717) is 17.8 Å². The monoisotopic (exact) mass is 465 g/mol. The van der Waals surface area contributed by atoms with E-state index in [-0.39, 0.29) is 37.0 Å². The van der Waals surface area contributed by atoms with Crippen LogP contribution >= 0.6 is 0 Å². The first-order valence-electron chi connectivity index (χ1n) is 11.3. The van der Waals surface area contributed by atoms with Crippen LogP contribution < -0.4 is 0 Å². The predicted molar refractivity (Wildman–Crippen MR) is 112 cm³/mol. The number of nitrogens with zero attached hydrogens (tertiary/aromatic N) is 1. The maximum Gasteiger partial charge on any atom is 0.341 e. The molecule has 6 rings (SSSR count). The fourth-order valence-electron chi connectivity index (χ4n) is 6.57. The van der Waals surface area contributed by atoms with Crippen molar-refractivity contribution < 1.29 is 31.9 Å².